The number of benzene rings is 1. The molecule has 1 atom stereocenters. The van der Waals surface area contributed by atoms with Gasteiger partial charge in [0.05, 0.1) is 0 Å². The van der Waals surface area contributed by atoms with Gasteiger partial charge in [0.2, 0.25) is 0 Å². The van der Waals surface area contributed by atoms with Crippen LogP contribution in [0.1, 0.15) is 26.2 Å². The molecule has 0 aliphatic carbocycles. The Kier molecular flexibility index (Phi) is 7.47. The van der Waals surface area contributed by atoms with Gasteiger partial charge in [-0.3, -0.25) is 4.79 Å². The van der Waals surface area contributed by atoms with Gasteiger partial charge in [0.1, 0.15) is 0 Å². The second-order valence-electron chi connectivity index (χ2n) is 4.98. The number of ether oxygens (including phenoxy) is 1. The molecular formula is C15H22ClFN2O2. The number of para-hydroxylation sites is 1. The number of amides is 1. The summed E-state index contributed by atoms with van der Waals surface area (Å²) in [6.45, 7) is 3.68. The molecule has 1 heterocycles. The fourth-order valence-electron chi connectivity index (χ4n) is 2.28. The first-order chi connectivity index (χ1) is 9.70. The summed E-state index contributed by atoms with van der Waals surface area (Å²) in [5.41, 5.74) is 0. The number of piperidine rings is 1. The van der Waals surface area contributed by atoms with E-state index in [4.69, 9.17) is 4.74 Å². The Hall–Kier alpha value is -1.33. The number of carbonyl (C=O) groups excluding carboxylic acids is 1. The molecular weight excluding hydrogens is 295 g/mol. The predicted octanol–water partition coefficient (Wildman–Crippen LogP) is 2.27. The van der Waals surface area contributed by atoms with E-state index in [0.717, 1.165) is 25.9 Å². The topological polar surface area (TPSA) is 50.4 Å². The third kappa shape index (κ3) is 5.17. The van der Waals surface area contributed by atoms with Gasteiger partial charge in [0.25, 0.3) is 5.91 Å². The van der Waals surface area contributed by atoms with E-state index in [-0.39, 0.29) is 30.1 Å². The molecule has 1 aliphatic heterocycles. The molecule has 0 radical (unpaired) electrons. The maximum Gasteiger partial charge on any atom is 0.261 e. The Balaban J connectivity index is 0.00000220. The molecule has 118 valence electrons. The lowest BCUT2D eigenvalue weighted by atomic mass is 10.1. The zero-order valence-corrected chi connectivity index (χ0v) is 12.9. The van der Waals surface area contributed by atoms with E-state index in [1.165, 1.54) is 12.1 Å². The highest BCUT2D eigenvalue weighted by Crippen LogP contribution is 2.18. The standard InChI is InChI=1S/C15H21FN2O2.ClH/c1-2-13(20-14-6-4-3-5-12(14)16)15(19)18-11-7-9-17-10-8-11;/h3-6,11,13,17H,2,7-10H2,1H3,(H,18,19);1H. The van der Waals surface area contributed by atoms with E-state index in [2.05, 4.69) is 10.6 Å². The predicted molar refractivity (Wildman–Crippen MR) is 82.4 cm³/mol. The fraction of sp³-hybridized carbons (Fsp3) is 0.533. The van der Waals surface area contributed by atoms with E-state index < -0.39 is 11.9 Å². The SMILES string of the molecule is CCC(Oc1ccccc1F)C(=O)NC1CCNCC1.Cl. The second-order valence-corrected chi connectivity index (χ2v) is 4.98. The van der Waals surface area contributed by atoms with Crippen molar-refractivity contribution in [1.29, 1.82) is 0 Å². The highest BCUT2D eigenvalue weighted by Gasteiger charge is 2.23. The van der Waals surface area contributed by atoms with Gasteiger partial charge in [0, 0.05) is 6.04 Å². The van der Waals surface area contributed by atoms with Crippen molar-refractivity contribution in [2.75, 3.05) is 13.1 Å². The van der Waals surface area contributed by atoms with E-state index in [0.29, 0.717) is 6.42 Å². The van der Waals surface area contributed by atoms with Gasteiger partial charge < -0.3 is 15.4 Å². The van der Waals surface area contributed by atoms with Crippen LogP contribution in [0, 0.1) is 5.82 Å². The van der Waals surface area contributed by atoms with E-state index >= 15 is 0 Å². The lowest BCUT2D eigenvalue weighted by molar-refractivity contribution is -0.129. The minimum absolute atomic E-state index is 0. The van der Waals surface area contributed by atoms with Crippen molar-refractivity contribution in [2.45, 2.75) is 38.3 Å². The maximum atomic E-state index is 13.5. The van der Waals surface area contributed by atoms with Crippen LogP contribution in [0.3, 0.4) is 0 Å². The summed E-state index contributed by atoms with van der Waals surface area (Å²) < 4.78 is 19.0. The number of hydrogen-bond donors (Lipinski definition) is 2. The summed E-state index contributed by atoms with van der Waals surface area (Å²) in [6, 6.07) is 6.33. The number of nitrogens with one attached hydrogen (secondary N) is 2. The third-order valence-electron chi connectivity index (χ3n) is 3.45. The summed E-state index contributed by atoms with van der Waals surface area (Å²) in [7, 11) is 0. The van der Waals surface area contributed by atoms with Crippen LogP contribution in [0.25, 0.3) is 0 Å². The minimum atomic E-state index is -0.651. The van der Waals surface area contributed by atoms with Crippen LogP contribution in [0.15, 0.2) is 24.3 Å². The molecule has 4 nitrogen and oxygen atoms in total. The Morgan fingerprint density at radius 1 is 1.43 bits per heavy atom. The molecule has 1 aromatic carbocycles. The van der Waals surface area contributed by atoms with Crippen molar-refractivity contribution in [3.8, 4) is 5.75 Å². The molecule has 1 saturated heterocycles. The summed E-state index contributed by atoms with van der Waals surface area (Å²) in [5.74, 6) is -0.483. The molecule has 0 saturated carbocycles. The Bertz CT molecular complexity index is 453. The molecule has 2 rings (SSSR count). The van der Waals surface area contributed by atoms with E-state index in [1.807, 2.05) is 6.92 Å². The van der Waals surface area contributed by atoms with Gasteiger partial charge in [-0.15, -0.1) is 12.4 Å². The van der Waals surface area contributed by atoms with Gasteiger partial charge in [-0.2, -0.15) is 0 Å². The lowest BCUT2D eigenvalue weighted by Crippen LogP contribution is -2.47. The fourth-order valence-corrected chi connectivity index (χ4v) is 2.28. The van der Waals surface area contributed by atoms with Gasteiger partial charge >= 0.3 is 0 Å². The van der Waals surface area contributed by atoms with Gasteiger partial charge in [-0.1, -0.05) is 19.1 Å². The molecule has 0 spiro atoms. The molecule has 2 N–H and O–H groups in total. The van der Waals surface area contributed by atoms with Crippen molar-refractivity contribution >= 4 is 18.3 Å². The van der Waals surface area contributed by atoms with Crippen LogP contribution in [0.4, 0.5) is 4.39 Å². The van der Waals surface area contributed by atoms with Gasteiger partial charge in [0.15, 0.2) is 17.7 Å². The average molecular weight is 317 g/mol. The van der Waals surface area contributed by atoms with Crippen molar-refractivity contribution in [3.05, 3.63) is 30.1 Å². The molecule has 0 aromatic heterocycles. The van der Waals surface area contributed by atoms with Crippen molar-refractivity contribution in [2.24, 2.45) is 0 Å². The second kappa shape index (κ2) is 8.85. The summed E-state index contributed by atoms with van der Waals surface area (Å²) in [4.78, 5) is 12.2. The molecule has 21 heavy (non-hydrogen) atoms. The van der Waals surface area contributed by atoms with Crippen LogP contribution >= 0.6 is 12.4 Å². The summed E-state index contributed by atoms with van der Waals surface area (Å²) in [5, 5.41) is 6.23. The summed E-state index contributed by atoms with van der Waals surface area (Å²) >= 11 is 0. The molecule has 1 unspecified atom stereocenters. The molecule has 0 bridgehead atoms. The first-order valence-electron chi connectivity index (χ1n) is 7.13. The average Bonchev–Trinajstić information content (AvgIpc) is 2.47. The first kappa shape index (κ1) is 17.7. The molecule has 6 heteroatoms. The molecule has 1 fully saturated rings. The summed E-state index contributed by atoms with van der Waals surface area (Å²) in [6.07, 6.45) is 1.69. The van der Waals surface area contributed by atoms with Crippen LogP contribution in [0.2, 0.25) is 0 Å². The maximum absolute atomic E-state index is 13.5. The zero-order valence-electron chi connectivity index (χ0n) is 12.1. The number of carbonyl (C=O) groups is 1. The Morgan fingerprint density at radius 3 is 2.71 bits per heavy atom. The molecule has 1 aromatic rings. The lowest BCUT2D eigenvalue weighted by Gasteiger charge is -2.26. The van der Waals surface area contributed by atoms with Crippen LogP contribution in [-0.2, 0) is 4.79 Å². The third-order valence-corrected chi connectivity index (χ3v) is 3.45. The number of rotatable bonds is 5. The highest BCUT2D eigenvalue weighted by molar-refractivity contribution is 5.85. The monoisotopic (exact) mass is 316 g/mol. The minimum Gasteiger partial charge on any atom is -0.478 e. The molecule has 1 aliphatic rings. The Labute approximate surface area is 130 Å². The number of halogens is 2. The van der Waals surface area contributed by atoms with Crippen LogP contribution in [-0.4, -0.2) is 31.1 Å². The Morgan fingerprint density at radius 2 is 2.10 bits per heavy atom. The number of hydrogen-bond acceptors (Lipinski definition) is 3. The van der Waals surface area contributed by atoms with Crippen molar-refractivity contribution in [3.63, 3.8) is 0 Å². The first-order valence-corrected chi connectivity index (χ1v) is 7.13. The van der Waals surface area contributed by atoms with Crippen molar-refractivity contribution in [1.82, 2.24) is 10.6 Å². The van der Waals surface area contributed by atoms with Crippen LogP contribution < -0.4 is 15.4 Å². The van der Waals surface area contributed by atoms with Crippen molar-refractivity contribution < 1.29 is 13.9 Å². The van der Waals surface area contributed by atoms with E-state index in [9.17, 15) is 9.18 Å². The highest BCUT2D eigenvalue weighted by atomic mass is 35.5. The zero-order chi connectivity index (χ0) is 14.4. The van der Waals surface area contributed by atoms with E-state index in [1.54, 1.807) is 12.1 Å². The largest absolute Gasteiger partial charge is 0.478 e. The van der Waals surface area contributed by atoms with Gasteiger partial charge in [-0.25, -0.2) is 4.39 Å². The smallest absolute Gasteiger partial charge is 0.261 e. The molecule has 1 amide bonds. The normalized spacial score (nSPS) is 16.7. The van der Waals surface area contributed by atoms with Crippen LogP contribution in [0.5, 0.6) is 5.75 Å². The quantitative estimate of drug-likeness (QED) is 0.876. The van der Waals surface area contributed by atoms with Gasteiger partial charge in [-0.05, 0) is 44.5 Å².